The van der Waals surface area contributed by atoms with Gasteiger partial charge in [-0.05, 0) is 30.4 Å². The van der Waals surface area contributed by atoms with Gasteiger partial charge in [-0.2, -0.15) is 0 Å². The molecular weight excluding hydrogens is 236 g/mol. The highest BCUT2D eigenvalue weighted by Gasteiger charge is 2.15. The Bertz CT molecular complexity index is 413. The molecule has 1 fully saturated rings. The second-order valence-corrected chi connectivity index (χ2v) is 5.58. The van der Waals surface area contributed by atoms with Crippen molar-refractivity contribution in [2.45, 2.75) is 44.8 Å². The highest BCUT2D eigenvalue weighted by atomic mass is 16.5. The van der Waals surface area contributed by atoms with Crippen molar-refractivity contribution in [2.24, 2.45) is 0 Å². The summed E-state index contributed by atoms with van der Waals surface area (Å²) in [5, 5.41) is 6.97. The van der Waals surface area contributed by atoms with E-state index in [4.69, 9.17) is 4.74 Å². The number of nitrogens with one attached hydrogen (secondary N) is 2. The maximum atomic E-state index is 5.86. The summed E-state index contributed by atoms with van der Waals surface area (Å²) in [5.41, 5.74) is 4.20. The number of ether oxygens (including phenoxy) is 1. The first kappa shape index (κ1) is 12.9. The summed E-state index contributed by atoms with van der Waals surface area (Å²) in [7, 11) is 0. The summed E-state index contributed by atoms with van der Waals surface area (Å²) in [6.45, 7) is 3.80. The number of para-hydroxylation sites is 1. The molecule has 1 aliphatic carbocycles. The molecule has 3 heteroatoms. The van der Waals surface area contributed by atoms with Crippen LogP contribution in [0.25, 0.3) is 0 Å². The van der Waals surface area contributed by atoms with Crippen LogP contribution >= 0.6 is 0 Å². The lowest BCUT2D eigenvalue weighted by molar-refractivity contribution is 0.0603. The van der Waals surface area contributed by atoms with Gasteiger partial charge in [-0.3, -0.25) is 0 Å². The van der Waals surface area contributed by atoms with Crippen molar-refractivity contribution in [3.63, 3.8) is 0 Å². The Morgan fingerprint density at radius 1 is 1.26 bits per heavy atom. The van der Waals surface area contributed by atoms with Gasteiger partial charge in [-0.1, -0.05) is 31.0 Å². The van der Waals surface area contributed by atoms with Gasteiger partial charge in [-0.25, -0.2) is 0 Å². The van der Waals surface area contributed by atoms with E-state index < -0.39 is 0 Å². The van der Waals surface area contributed by atoms with Crippen LogP contribution in [-0.4, -0.2) is 25.8 Å². The molecule has 0 spiro atoms. The molecule has 1 aromatic rings. The van der Waals surface area contributed by atoms with Gasteiger partial charge in [0, 0.05) is 25.3 Å². The average Bonchev–Trinajstić information content (AvgIpc) is 3.09. The van der Waals surface area contributed by atoms with Crippen LogP contribution in [-0.2, 0) is 17.7 Å². The van der Waals surface area contributed by atoms with Crippen LogP contribution in [0, 0.1) is 0 Å². The van der Waals surface area contributed by atoms with Crippen molar-refractivity contribution in [3.05, 3.63) is 29.3 Å². The Morgan fingerprint density at radius 2 is 2.16 bits per heavy atom. The van der Waals surface area contributed by atoms with Gasteiger partial charge in [0.05, 0.1) is 12.7 Å². The molecule has 1 aromatic carbocycles. The molecule has 2 N–H and O–H groups in total. The first-order valence-corrected chi connectivity index (χ1v) is 7.60. The Kier molecular flexibility index (Phi) is 4.36. The van der Waals surface area contributed by atoms with E-state index >= 15 is 0 Å². The number of anilines is 1. The summed E-state index contributed by atoms with van der Waals surface area (Å²) in [5.74, 6) is 0. The van der Waals surface area contributed by atoms with Crippen LogP contribution < -0.4 is 10.6 Å². The fourth-order valence-electron chi connectivity index (χ4n) is 3.13. The molecule has 2 aliphatic rings. The van der Waals surface area contributed by atoms with Crippen LogP contribution in [0.5, 0.6) is 0 Å². The minimum Gasteiger partial charge on any atom is -0.384 e. The summed E-state index contributed by atoms with van der Waals surface area (Å²) >= 11 is 0. The summed E-state index contributed by atoms with van der Waals surface area (Å²) in [6.07, 6.45) is 6.91. The minimum atomic E-state index is 0.532. The van der Waals surface area contributed by atoms with Crippen molar-refractivity contribution in [1.82, 2.24) is 5.32 Å². The molecule has 0 radical (unpaired) electrons. The van der Waals surface area contributed by atoms with Crippen LogP contribution in [0.2, 0.25) is 0 Å². The van der Waals surface area contributed by atoms with Crippen molar-refractivity contribution < 1.29 is 4.74 Å². The van der Waals surface area contributed by atoms with E-state index in [0.29, 0.717) is 6.10 Å². The first-order valence-electron chi connectivity index (χ1n) is 7.60. The van der Waals surface area contributed by atoms with Crippen molar-refractivity contribution in [2.75, 3.05) is 25.0 Å². The van der Waals surface area contributed by atoms with Gasteiger partial charge in [0.15, 0.2) is 0 Å². The average molecular weight is 260 g/mol. The maximum absolute atomic E-state index is 5.86. The first-order chi connectivity index (χ1) is 9.43. The smallest absolute Gasteiger partial charge is 0.0594 e. The number of hydrogen-bond donors (Lipinski definition) is 2. The Balaban J connectivity index is 1.39. The normalized spacial score (nSPS) is 18.5. The zero-order valence-electron chi connectivity index (χ0n) is 11.6. The predicted molar refractivity (Wildman–Crippen MR) is 78.6 cm³/mol. The molecule has 1 saturated carbocycles. The number of hydrogen-bond acceptors (Lipinski definition) is 3. The minimum absolute atomic E-state index is 0.532. The highest BCUT2D eigenvalue weighted by molar-refractivity contribution is 5.61. The van der Waals surface area contributed by atoms with E-state index in [2.05, 4.69) is 28.8 Å². The van der Waals surface area contributed by atoms with Gasteiger partial charge in [-0.15, -0.1) is 0 Å². The molecule has 1 aliphatic heterocycles. The van der Waals surface area contributed by atoms with Crippen LogP contribution in [0.4, 0.5) is 5.69 Å². The molecule has 0 bridgehead atoms. The molecule has 0 aromatic heterocycles. The molecule has 0 amide bonds. The monoisotopic (exact) mass is 260 g/mol. The second kappa shape index (κ2) is 6.40. The lowest BCUT2D eigenvalue weighted by atomic mass is 10.1. The molecule has 19 heavy (non-hydrogen) atoms. The fourth-order valence-corrected chi connectivity index (χ4v) is 3.13. The van der Waals surface area contributed by atoms with Crippen molar-refractivity contribution >= 4 is 5.69 Å². The zero-order chi connectivity index (χ0) is 12.9. The Labute approximate surface area is 115 Å². The summed E-state index contributed by atoms with van der Waals surface area (Å²) in [4.78, 5) is 0. The summed E-state index contributed by atoms with van der Waals surface area (Å²) < 4.78 is 5.86. The zero-order valence-corrected chi connectivity index (χ0v) is 11.6. The van der Waals surface area contributed by atoms with Gasteiger partial charge in [0.2, 0.25) is 0 Å². The third-order valence-corrected chi connectivity index (χ3v) is 4.18. The third-order valence-electron chi connectivity index (χ3n) is 4.18. The fraction of sp³-hybridized carbons (Fsp3) is 0.625. The predicted octanol–water partition coefficient (Wildman–Crippen LogP) is 2.70. The SMILES string of the molecule is c1cc2c(c(CNCCOC3CCCC3)c1)NCC2. The number of rotatable bonds is 6. The van der Waals surface area contributed by atoms with E-state index in [9.17, 15) is 0 Å². The van der Waals surface area contributed by atoms with E-state index in [0.717, 1.165) is 32.7 Å². The molecule has 0 atom stereocenters. The standard InChI is InChI=1S/C16H24N2O/c1-2-7-15(6-1)19-11-10-17-12-14-5-3-4-13-8-9-18-16(13)14/h3-5,15,17-18H,1-2,6-12H2. The Morgan fingerprint density at radius 3 is 3.05 bits per heavy atom. The van der Waals surface area contributed by atoms with Gasteiger partial charge in [0.1, 0.15) is 0 Å². The lowest BCUT2D eigenvalue weighted by Gasteiger charge is -2.13. The molecule has 3 rings (SSSR count). The molecule has 1 heterocycles. The van der Waals surface area contributed by atoms with E-state index in [1.807, 2.05) is 0 Å². The van der Waals surface area contributed by atoms with Crippen LogP contribution in [0.3, 0.4) is 0 Å². The third kappa shape index (κ3) is 3.28. The molecule has 3 nitrogen and oxygen atoms in total. The van der Waals surface area contributed by atoms with Crippen LogP contribution in [0.15, 0.2) is 18.2 Å². The molecule has 0 saturated heterocycles. The molecular formula is C16H24N2O. The molecule has 104 valence electrons. The number of benzene rings is 1. The van der Waals surface area contributed by atoms with Crippen LogP contribution in [0.1, 0.15) is 36.8 Å². The summed E-state index contributed by atoms with van der Waals surface area (Å²) in [6, 6.07) is 6.60. The van der Waals surface area contributed by atoms with E-state index in [1.165, 1.54) is 42.5 Å². The number of fused-ring (bicyclic) bond motifs is 1. The largest absolute Gasteiger partial charge is 0.384 e. The van der Waals surface area contributed by atoms with Gasteiger partial charge < -0.3 is 15.4 Å². The van der Waals surface area contributed by atoms with Crippen molar-refractivity contribution in [3.8, 4) is 0 Å². The van der Waals surface area contributed by atoms with Gasteiger partial charge in [0.25, 0.3) is 0 Å². The highest BCUT2D eigenvalue weighted by Crippen LogP contribution is 2.26. The molecule has 0 unspecified atom stereocenters. The Hall–Kier alpha value is -1.06. The maximum Gasteiger partial charge on any atom is 0.0594 e. The lowest BCUT2D eigenvalue weighted by Crippen LogP contribution is -2.22. The second-order valence-electron chi connectivity index (χ2n) is 5.58. The van der Waals surface area contributed by atoms with E-state index in [1.54, 1.807) is 0 Å². The van der Waals surface area contributed by atoms with E-state index in [-0.39, 0.29) is 0 Å². The quantitative estimate of drug-likeness (QED) is 0.772. The van der Waals surface area contributed by atoms with Gasteiger partial charge >= 0.3 is 0 Å². The topological polar surface area (TPSA) is 33.3 Å². The van der Waals surface area contributed by atoms with Crippen molar-refractivity contribution in [1.29, 1.82) is 0 Å².